The van der Waals surface area contributed by atoms with Crippen LogP contribution in [0.2, 0.25) is 0 Å². The standard InChI is InChI=1S/C19H15Br2N5O2/c1-9(27)24-17-12(20)6-10(7-13(17)21)18-22-4-3-15(26-18)16-8-11-14(25-16)2-5-23-19(11)28/h3-4,6-8,25H,2,5H2,1H3,(H,23,28)(H,24,27). The molecule has 1 aromatic carbocycles. The summed E-state index contributed by atoms with van der Waals surface area (Å²) >= 11 is 6.96. The predicted molar refractivity (Wildman–Crippen MR) is 113 cm³/mol. The van der Waals surface area contributed by atoms with E-state index >= 15 is 0 Å². The maximum atomic E-state index is 12.0. The molecule has 0 spiro atoms. The van der Waals surface area contributed by atoms with Crippen molar-refractivity contribution in [3.63, 3.8) is 0 Å². The second kappa shape index (κ2) is 7.48. The summed E-state index contributed by atoms with van der Waals surface area (Å²) in [5, 5.41) is 5.61. The molecule has 4 rings (SSSR count). The molecule has 142 valence electrons. The van der Waals surface area contributed by atoms with Crippen molar-refractivity contribution < 1.29 is 9.59 Å². The molecule has 0 aliphatic carbocycles. The van der Waals surface area contributed by atoms with Gasteiger partial charge in [-0.1, -0.05) is 0 Å². The van der Waals surface area contributed by atoms with Crippen LogP contribution in [0.4, 0.5) is 5.69 Å². The maximum absolute atomic E-state index is 12.0. The zero-order chi connectivity index (χ0) is 19.8. The largest absolute Gasteiger partial charge is 0.356 e. The molecular weight excluding hydrogens is 490 g/mol. The van der Waals surface area contributed by atoms with Gasteiger partial charge in [-0.2, -0.15) is 0 Å². The van der Waals surface area contributed by atoms with E-state index in [1.807, 2.05) is 18.2 Å². The number of hydrogen-bond donors (Lipinski definition) is 3. The molecule has 0 radical (unpaired) electrons. The first kappa shape index (κ1) is 18.8. The molecular formula is C19H15Br2N5O2. The normalized spacial score (nSPS) is 13.0. The minimum absolute atomic E-state index is 0.0700. The van der Waals surface area contributed by atoms with Crippen LogP contribution < -0.4 is 10.6 Å². The van der Waals surface area contributed by atoms with Gasteiger partial charge in [0.15, 0.2) is 5.82 Å². The lowest BCUT2D eigenvalue weighted by molar-refractivity contribution is -0.114. The van der Waals surface area contributed by atoms with Gasteiger partial charge < -0.3 is 15.6 Å². The number of nitrogens with zero attached hydrogens (tertiary/aromatic N) is 2. The van der Waals surface area contributed by atoms with Crippen LogP contribution in [0.25, 0.3) is 22.8 Å². The van der Waals surface area contributed by atoms with Gasteiger partial charge in [-0.25, -0.2) is 9.97 Å². The average molecular weight is 505 g/mol. The van der Waals surface area contributed by atoms with Crippen LogP contribution in [-0.2, 0) is 11.2 Å². The number of fused-ring (bicyclic) bond motifs is 1. The predicted octanol–water partition coefficient (Wildman–Crippen LogP) is 3.91. The lowest BCUT2D eigenvalue weighted by Crippen LogP contribution is -2.31. The molecule has 0 atom stereocenters. The van der Waals surface area contributed by atoms with Crippen molar-refractivity contribution in [2.45, 2.75) is 13.3 Å². The highest BCUT2D eigenvalue weighted by atomic mass is 79.9. The van der Waals surface area contributed by atoms with Crippen molar-refractivity contribution in [1.82, 2.24) is 20.3 Å². The third-order valence-corrected chi connectivity index (χ3v) is 5.59. The molecule has 3 N–H and O–H groups in total. The van der Waals surface area contributed by atoms with E-state index in [1.54, 1.807) is 12.3 Å². The second-order valence-electron chi connectivity index (χ2n) is 6.34. The molecule has 3 heterocycles. The Labute approximate surface area is 177 Å². The fourth-order valence-electron chi connectivity index (χ4n) is 3.08. The number of halogens is 2. The summed E-state index contributed by atoms with van der Waals surface area (Å²) in [6, 6.07) is 7.32. The SMILES string of the molecule is CC(=O)Nc1c(Br)cc(-c2nccc(-c3cc4c([nH]3)CCNC4=O)n2)cc1Br. The monoisotopic (exact) mass is 503 g/mol. The molecule has 9 heteroatoms. The van der Waals surface area contributed by atoms with Crippen LogP contribution in [0.3, 0.4) is 0 Å². The van der Waals surface area contributed by atoms with Crippen molar-refractivity contribution in [2.24, 2.45) is 0 Å². The van der Waals surface area contributed by atoms with Gasteiger partial charge in [0, 0.05) is 46.3 Å². The van der Waals surface area contributed by atoms with Crippen LogP contribution in [0.1, 0.15) is 23.0 Å². The van der Waals surface area contributed by atoms with Gasteiger partial charge in [0.05, 0.1) is 22.6 Å². The Morgan fingerprint density at radius 2 is 1.96 bits per heavy atom. The number of hydrogen-bond acceptors (Lipinski definition) is 4. The highest BCUT2D eigenvalue weighted by Gasteiger charge is 2.20. The Morgan fingerprint density at radius 3 is 2.64 bits per heavy atom. The van der Waals surface area contributed by atoms with E-state index in [1.165, 1.54) is 6.92 Å². The van der Waals surface area contributed by atoms with Gasteiger partial charge in [0.25, 0.3) is 5.91 Å². The lowest BCUT2D eigenvalue weighted by Gasteiger charge is -2.11. The van der Waals surface area contributed by atoms with Crippen LogP contribution in [-0.4, -0.2) is 33.3 Å². The molecule has 1 aliphatic heterocycles. The summed E-state index contributed by atoms with van der Waals surface area (Å²) < 4.78 is 1.43. The van der Waals surface area contributed by atoms with Crippen molar-refractivity contribution in [2.75, 3.05) is 11.9 Å². The van der Waals surface area contributed by atoms with Crippen molar-refractivity contribution >= 4 is 49.4 Å². The third-order valence-electron chi connectivity index (χ3n) is 4.34. The van der Waals surface area contributed by atoms with E-state index in [-0.39, 0.29) is 11.8 Å². The first-order valence-electron chi connectivity index (χ1n) is 8.53. The minimum Gasteiger partial charge on any atom is -0.356 e. The molecule has 0 bridgehead atoms. The number of carbonyl (C=O) groups is 2. The third kappa shape index (κ3) is 3.59. The molecule has 28 heavy (non-hydrogen) atoms. The highest BCUT2D eigenvalue weighted by Crippen LogP contribution is 2.35. The number of anilines is 1. The van der Waals surface area contributed by atoms with Gasteiger partial charge >= 0.3 is 0 Å². The van der Waals surface area contributed by atoms with Gasteiger partial charge in [0.1, 0.15) is 0 Å². The number of rotatable bonds is 3. The highest BCUT2D eigenvalue weighted by molar-refractivity contribution is 9.11. The van der Waals surface area contributed by atoms with Gasteiger partial charge in [-0.3, -0.25) is 9.59 Å². The van der Waals surface area contributed by atoms with Crippen LogP contribution in [0.5, 0.6) is 0 Å². The lowest BCUT2D eigenvalue weighted by atomic mass is 10.1. The fraction of sp³-hybridized carbons (Fsp3) is 0.158. The Hall–Kier alpha value is -2.52. The van der Waals surface area contributed by atoms with Crippen LogP contribution in [0.15, 0.2) is 39.4 Å². The topological polar surface area (TPSA) is 99.8 Å². The fourth-order valence-corrected chi connectivity index (χ4v) is 4.46. The number of aromatic nitrogens is 3. The minimum atomic E-state index is -0.160. The van der Waals surface area contributed by atoms with E-state index < -0.39 is 0 Å². The molecule has 0 fully saturated rings. The van der Waals surface area contributed by atoms with Crippen molar-refractivity contribution in [3.8, 4) is 22.8 Å². The van der Waals surface area contributed by atoms with Crippen molar-refractivity contribution in [3.05, 3.63) is 50.7 Å². The summed E-state index contributed by atoms with van der Waals surface area (Å²) in [6.07, 6.45) is 2.45. The number of amides is 2. The molecule has 1 aliphatic rings. The summed E-state index contributed by atoms with van der Waals surface area (Å²) in [5.74, 6) is 0.303. The number of carbonyl (C=O) groups excluding carboxylic acids is 2. The van der Waals surface area contributed by atoms with Gasteiger partial charge in [-0.05, 0) is 56.1 Å². The Bertz CT molecular complexity index is 1090. The number of aromatic amines is 1. The van der Waals surface area contributed by atoms with E-state index in [4.69, 9.17) is 0 Å². The Morgan fingerprint density at radius 1 is 1.21 bits per heavy atom. The summed E-state index contributed by atoms with van der Waals surface area (Å²) in [5.41, 5.74) is 4.49. The Balaban J connectivity index is 1.72. The molecule has 2 amide bonds. The van der Waals surface area contributed by atoms with Gasteiger partial charge in [-0.15, -0.1) is 0 Å². The first-order chi connectivity index (χ1) is 13.4. The Kier molecular flexibility index (Phi) is 5.03. The number of nitrogens with one attached hydrogen (secondary N) is 3. The summed E-state index contributed by atoms with van der Waals surface area (Å²) in [6.45, 7) is 2.08. The molecule has 3 aromatic rings. The van der Waals surface area contributed by atoms with Crippen molar-refractivity contribution in [1.29, 1.82) is 0 Å². The van der Waals surface area contributed by atoms with Crippen LogP contribution in [0, 0.1) is 0 Å². The maximum Gasteiger partial charge on any atom is 0.253 e. The smallest absolute Gasteiger partial charge is 0.253 e. The number of H-pyrrole nitrogens is 1. The molecule has 2 aromatic heterocycles. The quantitative estimate of drug-likeness (QED) is 0.503. The van der Waals surface area contributed by atoms with E-state index in [0.29, 0.717) is 38.3 Å². The van der Waals surface area contributed by atoms with E-state index in [2.05, 4.69) is 57.4 Å². The average Bonchev–Trinajstić information content (AvgIpc) is 3.10. The first-order valence-corrected chi connectivity index (χ1v) is 10.1. The number of benzene rings is 1. The van der Waals surface area contributed by atoms with Gasteiger partial charge in [0.2, 0.25) is 5.91 Å². The zero-order valence-electron chi connectivity index (χ0n) is 14.8. The summed E-state index contributed by atoms with van der Waals surface area (Å²) in [4.78, 5) is 35.7. The van der Waals surface area contributed by atoms with E-state index in [0.717, 1.165) is 23.4 Å². The van der Waals surface area contributed by atoms with E-state index in [9.17, 15) is 9.59 Å². The zero-order valence-corrected chi connectivity index (χ0v) is 17.9. The molecule has 7 nitrogen and oxygen atoms in total. The molecule has 0 unspecified atom stereocenters. The summed E-state index contributed by atoms with van der Waals surface area (Å²) in [7, 11) is 0. The van der Waals surface area contributed by atoms with Crippen LogP contribution >= 0.6 is 31.9 Å². The second-order valence-corrected chi connectivity index (χ2v) is 8.05. The molecule has 0 saturated carbocycles. The molecule has 0 saturated heterocycles.